The number of carboxylic acids is 1. The largest absolute Gasteiger partial charge is 0.481 e. The van der Waals surface area contributed by atoms with Gasteiger partial charge in [0.1, 0.15) is 0 Å². The molecule has 0 aromatic rings. The Labute approximate surface area is 100.0 Å². The van der Waals surface area contributed by atoms with Gasteiger partial charge in [0.05, 0.1) is 18.4 Å². The number of aliphatic carboxylic acids is 1. The van der Waals surface area contributed by atoms with E-state index in [4.69, 9.17) is 5.11 Å². The molecule has 0 radical (unpaired) electrons. The predicted octanol–water partition coefficient (Wildman–Crippen LogP) is -0.308. The van der Waals surface area contributed by atoms with Crippen LogP contribution in [0, 0.1) is 11.8 Å². The van der Waals surface area contributed by atoms with Crippen molar-refractivity contribution >= 4 is 17.8 Å². The Morgan fingerprint density at radius 1 is 1.24 bits per heavy atom. The lowest BCUT2D eigenvalue weighted by molar-refractivity contribution is -0.146. The van der Waals surface area contributed by atoms with Crippen LogP contribution in [0.5, 0.6) is 0 Å². The quantitative estimate of drug-likeness (QED) is 0.708. The third-order valence-corrected chi connectivity index (χ3v) is 3.08. The topological polar surface area (TPSA) is 86.7 Å². The molecule has 0 bridgehead atoms. The second kappa shape index (κ2) is 5.65. The predicted molar refractivity (Wildman–Crippen MR) is 60.2 cm³/mol. The number of nitrogens with zero attached hydrogens (tertiary/aromatic N) is 1. The van der Waals surface area contributed by atoms with Crippen LogP contribution < -0.4 is 5.32 Å². The lowest BCUT2D eigenvalue weighted by atomic mass is 9.95. The van der Waals surface area contributed by atoms with E-state index in [9.17, 15) is 14.4 Å². The van der Waals surface area contributed by atoms with Crippen LogP contribution in [0.25, 0.3) is 0 Å². The number of carboxylic acid groups (broad SMARTS) is 1. The number of rotatable bonds is 4. The van der Waals surface area contributed by atoms with Crippen LogP contribution in [0.1, 0.15) is 19.3 Å². The molecule has 6 nitrogen and oxygen atoms in total. The minimum absolute atomic E-state index is 0.0747. The van der Waals surface area contributed by atoms with Gasteiger partial charge in [-0.05, 0) is 12.8 Å². The summed E-state index contributed by atoms with van der Waals surface area (Å²) in [6.45, 7) is -0.0747. The van der Waals surface area contributed by atoms with Gasteiger partial charge < -0.3 is 15.3 Å². The van der Waals surface area contributed by atoms with Gasteiger partial charge in [0.15, 0.2) is 0 Å². The van der Waals surface area contributed by atoms with Crippen LogP contribution in [0.3, 0.4) is 0 Å². The summed E-state index contributed by atoms with van der Waals surface area (Å²) in [5.41, 5.74) is 0. The Morgan fingerprint density at radius 3 is 2.35 bits per heavy atom. The molecule has 1 fully saturated rings. The summed E-state index contributed by atoms with van der Waals surface area (Å²) in [6.07, 6.45) is 1.87. The van der Waals surface area contributed by atoms with Gasteiger partial charge in [-0.15, -0.1) is 0 Å². The van der Waals surface area contributed by atoms with Crippen molar-refractivity contribution in [3.05, 3.63) is 0 Å². The smallest absolute Gasteiger partial charge is 0.307 e. The van der Waals surface area contributed by atoms with Crippen LogP contribution >= 0.6 is 0 Å². The van der Waals surface area contributed by atoms with E-state index in [0.717, 1.165) is 6.42 Å². The van der Waals surface area contributed by atoms with Crippen molar-refractivity contribution in [1.29, 1.82) is 0 Å². The number of hydrogen-bond donors (Lipinski definition) is 2. The molecule has 1 saturated carbocycles. The number of hydrogen-bond acceptors (Lipinski definition) is 3. The number of likely N-dealkylation sites (N-methyl/N-ethyl adjacent to an activating group) is 1. The van der Waals surface area contributed by atoms with Gasteiger partial charge in [0.25, 0.3) is 0 Å². The molecule has 2 amide bonds. The van der Waals surface area contributed by atoms with Gasteiger partial charge in [-0.3, -0.25) is 14.4 Å². The molecule has 0 aromatic heterocycles. The van der Waals surface area contributed by atoms with E-state index in [2.05, 4.69) is 5.32 Å². The van der Waals surface area contributed by atoms with Crippen molar-refractivity contribution in [2.45, 2.75) is 19.3 Å². The van der Waals surface area contributed by atoms with Gasteiger partial charge in [-0.25, -0.2) is 0 Å². The number of carbonyl (C=O) groups excluding carboxylic acids is 2. The fourth-order valence-electron chi connectivity index (χ4n) is 2.02. The molecule has 6 heteroatoms. The number of nitrogens with one attached hydrogen (secondary N) is 1. The Kier molecular flexibility index (Phi) is 4.48. The van der Waals surface area contributed by atoms with E-state index in [1.165, 1.54) is 4.90 Å². The fourth-order valence-corrected chi connectivity index (χ4v) is 2.02. The highest BCUT2D eigenvalue weighted by atomic mass is 16.4. The zero-order chi connectivity index (χ0) is 13.0. The summed E-state index contributed by atoms with van der Waals surface area (Å²) in [5, 5.41) is 11.4. The van der Waals surface area contributed by atoms with Crippen LogP contribution in [-0.4, -0.2) is 48.4 Å². The van der Waals surface area contributed by atoms with Crippen molar-refractivity contribution in [1.82, 2.24) is 10.2 Å². The van der Waals surface area contributed by atoms with Crippen molar-refractivity contribution in [3.63, 3.8) is 0 Å². The van der Waals surface area contributed by atoms with Crippen molar-refractivity contribution in [3.8, 4) is 0 Å². The van der Waals surface area contributed by atoms with Gasteiger partial charge in [0.2, 0.25) is 11.8 Å². The molecule has 0 aliphatic heterocycles. The molecule has 0 saturated heterocycles. The molecular formula is C11H18N2O4. The van der Waals surface area contributed by atoms with Gasteiger partial charge in [-0.2, -0.15) is 0 Å². The van der Waals surface area contributed by atoms with Crippen LogP contribution in [0.2, 0.25) is 0 Å². The zero-order valence-corrected chi connectivity index (χ0v) is 10.1. The van der Waals surface area contributed by atoms with Crippen LogP contribution in [-0.2, 0) is 14.4 Å². The van der Waals surface area contributed by atoms with E-state index < -0.39 is 17.8 Å². The maximum Gasteiger partial charge on any atom is 0.307 e. The first-order chi connectivity index (χ1) is 7.93. The molecule has 17 heavy (non-hydrogen) atoms. The van der Waals surface area contributed by atoms with Crippen molar-refractivity contribution in [2.75, 3.05) is 20.6 Å². The fraction of sp³-hybridized carbons (Fsp3) is 0.727. The maximum atomic E-state index is 11.7. The third kappa shape index (κ3) is 3.44. The molecule has 0 unspecified atom stereocenters. The highest BCUT2D eigenvalue weighted by molar-refractivity contribution is 5.88. The third-order valence-electron chi connectivity index (χ3n) is 3.08. The van der Waals surface area contributed by atoms with Crippen molar-refractivity contribution in [2.24, 2.45) is 11.8 Å². The average Bonchev–Trinajstić information content (AvgIpc) is 2.73. The normalized spacial score (nSPS) is 23.2. The van der Waals surface area contributed by atoms with E-state index in [-0.39, 0.29) is 18.4 Å². The summed E-state index contributed by atoms with van der Waals surface area (Å²) in [6, 6.07) is 0. The first kappa shape index (κ1) is 13.5. The number of carbonyl (C=O) groups is 3. The summed E-state index contributed by atoms with van der Waals surface area (Å²) in [4.78, 5) is 35.3. The second-order valence-corrected chi connectivity index (χ2v) is 4.49. The molecule has 2 atom stereocenters. The molecule has 1 aliphatic carbocycles. The lowest BCUT2D eigenvalue weighted by Crippen LogP contribution is -2.41. The van der Waals surface area contributed by atoms with E-state index in [1.54, 1.807) is 14.1 Å². The Bertz CT molecular complexity index is 327. The molecular weight excluding hydrogens is 224 g/mol. The van der Waals surface area contributed by atoms with E-state index >= 15 is 0 Å². The molecule has 96 valence electrons. The Balaban J connectivity index is 2.47. The standard InChI is InChI=1S/C11H18N2O4/c1-13(2)9(14)6-12-10(15)7-4-3-5-8(7)11(16)17/h7-8H,3-6H2,1-2H3,(H,12,15)(H,16,17)/t7-,8+/m1/s1. The van der Waals surface area contributed by atoms with Crippen LogP contribution in [0.15, 0.2) is 0 Å². The molecule has 0 spiro atoms. The zero-order valence-electron chi connectivity index (χ0n) is 10.1. The molecule has 2 N–H and O–H groups in total. The summed E-state index contributed by atoms with van der Waals surface area (Å²) < 4.78 is 0. The number of amides is 2. The molecule has 1 aliphatic rings. The summed E-state index contributed by atoms with van der Waals surface area (Å²) in [7, 11) is 3.20. The van der Waals surface area contributed by atoms with Gasteiger partial charge in [-0.1, -0.05) is 6.42 Å². The van der Waals surface area contributed by atoms with Gasteiger partial charge >= 0.3 is 5.97 Å². The summed E-state index contributed by atoms with van der Waals surface area (Å²) >= 11 is 0. The Morgan fingerprint density at radius 2 is 1.82 bits per heavy atom. The first-order valence-electron chi connectivity index (χ1n) is 5.64. The van der Waals surface area contributed by atoms with Crippen LogP contribution in [0.4, 0.5) is 0 Å². The van der Waals surface area contributed by atoms with Gasteiger partial charge in [0, 0.05) is 14.1 Å². The minimum atomic E-state index is -0.929. The highest BCUT2D eigenvalue weighted by Gasteiger charge is 2.37. The van der Waals surface area contributed by atoms with E-state index in [1.807, 2.05) is 0 Å². The molecule has 0 aromatic carbocycles. The minimum Gasteiger partial charge on any atom is -0.481 e. The lowest BCUT2D eigenvalue weighted by Gasteiger charge is -2.16. The highest BCUT2D eigenvalue weighted by Crippen LogP contribution is 2.31. The Hall–Kier alpha value is -1.59. The first-order valence-corrected chi connectivity index (χ1v) is 5.64. The van der Waals surface area contributed by atoms with Crippen molar-refractivity contribution < 1.29 is 19.5 Å². The molecule has 0 heterocycles. The molecule has 1 rings (SSSR count). The van der Waals surface area contributed by atoms with E-state index in [0.29, 0.717) is 12.8 Å². The monoisotopic (exact) mass is 242 g/mol. The second-order valence-electron chi connectivity index (χ2n) is 4.49. The summed E-state index contributed by atoms with van der Waals surface area (Å²) in [5.74, 6) is -2.57. The average molecular weight is 242 g/mol. The SMILES string of the molecule is CN(C)C(=O)CNC(=O)[C@@H]1CCC[C@@H]1C(=O)O. The maximum absolute atomic E-state index is 11.7.